The van der Waals surface area contributed by atoms with E-state index >= 15 is 0 Å². The van der Waals surface area contributed by atoms with E-state index in [1.165, 1.54) is 24.3 Å². The van der Waals surface area contributed by atoms with Crippen molar-refractivity contribution in [2.24, 2.45) is 0 Å². The van der Waals surface area contributed by atoms with Gasteiger partial charge in [-0.05, 0) is 17.7 Å². The lowest BCUT2D eigenvalue weighted by Gasteiger charge is -1.98. The maximum Gasteiger partial charge on any atom is 0.274 e. The van der Waals surface area contributed by atoms with Crippen LogP contribution in [0.4, 0.5) is 0 Å². The molecule has 4 nitrogen and oxygen atoms in total. The van der Waals surface area contributed by atoms with E-state index < -0.39 is 15.8 Å². The molecule has 0 atom stereocenters. The second-order valence-electron chi connectivity index (χ2n) is 2.84. The van der Waals surface area contributed by atoms with Crippen LogP contribution in [0, 0.1) is 0 Å². The third-order valence-electron chi connectivity index (χ3n) is 1.60. The summed E-state index contributed by atoms with van der Waals surface area (Å²) in [7, 11) is -3.19. The third-order valence-corrected chi connectivity index (χ3v) is 2.73. The molecule has 0 bridgehead atoms. The first-order chi connectivity index (χ1) is 6.39. The first-order valence-electron chi connectivity index (χ1n) is 3.79. The van der Waals surface area contributed by atoms with Gasteiger partial charge < -0.3 is 10.2 Å². The van der Waals surface area contributed by atoms with Crippen molar-refractivity contribution in [1.82, 2.24) is 0 Å². The van der Waals surface area contributed by atoms with Crippen molar-refractivity contribution in [3.05, 3.63) is 35.8 Å². The van der Waals surface area contributed by atoms with Crippen molar-refractivity contribution in [3.8, 4) is 0 Å². The van der Waals surface area contributed by atoms with Gasteiger partial charge in [0.2, 0.25) is 0 Å². The van der Waals surface area contributed by atoms with E-state index in [4.69, 9.17) is 10.2 Å². The van der Waals surface area contributed by atoms with Crippen molar-refractivity contribution in [2.75, 3.05) is 6.26 Å². The van der Waals surface area contributed by atoms with Crippen LogP contribution in [0.2, 0.25) is 0 Å². The minimum absolute atomic E-state index is 0.201. The largest absolute Gasteiger partial charge is 0.481 e. The van der Waals surface area contributed by atoms with Crippen LogP contribution in [0.25, 0.3) is 6.08 Å². The van der Waals surface area contributed by atoms with E-state index in [9.17, 15) is 8.42 Å². The molecule has 0 aliphatic heterocycles. The van der Waals surface area contributed by atoms with Crippen molar-refractivity contribution in [1.29, 1.82) is 0 Å². The summed E-state index contributed by atoms with van der Waals surface area (Å²) in [5, 5.41) is 17.1. The van der Waals surface area contributed by atoms with E-state index in [-0.39, 0.29) is 4.90 Å². The lowest BCUT2D eigenvalue weighted by atomic mass is 10.2. The Morgan fingerprint density at radius 2 is 1.71 bits per heavy atom. The highest BCUT2D eigenvalue weighted by molar-refractivity contribution is 7.90. The number of aliphatic hydroxyl groups is 2. The van der Waals surface area contributed by atoms with Gasteiger partial charge in [0.05, 0.1) is 4.90 Å². The molecule has 14 heavy (non-hydrogen) atoms. The van der Waals surface area contributed by atoms with E-state index in [2.05, 4.69) is 0 Å². The number of sulfone groups is 1. The Morgan fingerprint density at radius 3 is 2.07 bits per heavy atom. The lowest BCUT2D eigenvalue weighted by molar-refractivity contribution is 0.197. The van der Waals surface area contributed by atoms with E-state index in [1.807, 2.05) is 0 Å². The molecule has 0 radical (unpaired) electrons. The Labute approximate surface area is 82.1 Å². The number of hydrogen-bond acceptors (Lipinski definition) is 4. The maximum absolute atomic E-state index is 11.1. The van der Waals surface area contributed by atoms with Gasteiger partial charge in [-0.3, -0.25) is 0 Å². The van der Waals surface area contributed by atoms with Gasteiger partial charge in [-0.25, -0.2) is 8.42 Å². The molecule has 0 aromatic heterocycles. The van der Waals surface area contributed by atoms with Gasteiger partial charge in [-0.2, -0.15) is 0 Å². The minimum atomic E-state index is -3.19. The molecule has 0 unspecified atom stereocenters. The van der Waals surface area contributed by atoms with E-state index in [0.29, 0.717) is 5.56 Å². The lowest BCUT2D eigenvalue weighted by Crippen LogP contribution is -1.96. The average Bonchev–Trinajstić information content (AvgIpc) is 2.02. The van der Waals surface area contributed by atoms with Crippen LogP contribution in [0.3, 0.4) is 0 Å². The summed E-state index contributed by atoms with van der Waals surface area (Å²) in [5.41, 5.74) is 0.525. The first kappa shape index (κ1) is 10.6. The van der Waals surface area contributed by atoms with Gasteiger partial charge in [-0.15, -0.1) is 0 Å². The summed E-state index contributed by atoms with van der Waals surface area (Å²) in [6.07, 6.45) is 2.23. The second kappa shape index (κ2) is 3.71. The third kappa shape index (κ3) is 2.77. The van der Waals surface area contributed by atoms with Crippen molar-refractivity contribution in [3.63, 3.8) is 0 Å². The van der Waals surface area contributed by atoms with Crippen molar-refractivity contribution < 1.29 is 18.6 Å². The maximum atomic E-state index is 11.1. The molecular formula is C9H10O4S. The molecule has 1 rings (SSSR count). The molecule has 0 heterocycles. The summed E-state index contributed by atoms with van der Waals surface area (Å²) >= 11 is 0. The molecule has 1 aromatic rings. The number of hydrogen-bond donors (Lipinski definition) is 2. The monoisotopic (exact) mass is 214 g/mol. The van der Waals surface area contributed by atoms with Crippen molar-refractivity contribution in [2.45, 2.75) is 4.90 Å². The van der Waals surface area contributed by atoms with Gasteiger partial charge in [0.25, 0.3) is 5.95 Å². The molecule has 0 amide bonds. The quantitative estimate of drug-likeness (QED) is 0.732. The van der Waals surface area contributed by atoms with Crippen LogP contribution in [-0.2, 0) is 9.84 Å². The Hall–Kier alpha value is -1.49. The predicted molar refractivity (Wildman–Crippen MR) is 52.8 cm³/mol. The van der Waals surface area contributed by atoms with Gasteiger partial charge in [-0.1, -0.05) is 12.1 Å². The molecule has 0 saturated carbocycles. The Bertz CT molecular complexity index is 438. The molecule has 2 N–H and O–H groups in total. The zero-order valence-corrected chi connectivity index (χ0v) is 8.32. The van der Waals surface area contributed by atoms with E-state index in [0.717, 1.165) is 12.3 Å². The Morgan fingerprint density at radius 1 is 1.21 bits per heavy atom. The van der Waals surface area contributed by atoms with Crippen LogP contribution >= 0.6 is 0 Å². The fraction of sp³-hybridized carbons (Fsp3) is 0.111. The normalized spacial score (nSPS) is 10.9. The van der Waals surface area contributed by atoms with Gasteiger partial charge in [0.1, 0.15) is 0 Å². The predicted octanol–water partition coefficient (Wildman–Crippen LogP) is 1.50. The Kier molecular flexibility index (Phi) is 2.81. The average molecular weight is 214 g/mol. The number of rotatable bonds is 2. The zero-order chi connectivity index (χ0) is 10.8. The van der Waals surface area contributed by atoms with Crippen LogP contribution < -0.4 is 0 Å². The first-order valence-corrected chi connectivity index (χ1v) is 5.68. The topological polar surface area (TPSA) is 74.6 Å². The molecular weight excluding hydrogens is 204 g/mol. The summed E-state index contributed by atoms with van der Waals surface area (Å²) in [5.74, 6) is -0.808. The van der Waals surface area contributed by atoms with Crippen LogP contribution in [0.1, 0.15) is 5.56 Å². The second-order valence-corrected chi connectivity index (χ2v) is 4.86. The molecule has 76 valence electrons. The van der Waals surface area contributed by atoms with E-state index in [1.54, 1.807) is 0 Å². The van der Waals surface area contributed by atoms with Gasteiger partial charge >= 0.3 is 0 Å². The molecule has 0 aliphatic carbocycles. The van der Waals surface area contributed by atoms with Crippen LogP contribution in [0.5, 0.6) is 0 Å². The Balaban J connectivity index is 3.08. The summed E-state index contributed by atoms with van der Waals surface area (Å²) in [4.78, 5) is 0.201. The molecule has 0 fully saturated rings. The van der Waals surface area contributed by atoms with Gasteiger partial charge in [0, 0.05) is 12.3 Å². The molecule has 1 aromatic carbocycles. The zero-order valence-electron chi connectivity index (χ0n) is 7.51. The molecule has 0 spiro atoms. The summed E-state index contributed by atoms with van der Waals surface area (Å²) < 4.78 is 22.1. The van der Waals surface area contributed by atoms with Crippen LogP contribution in [-0.4, -0.2) is 24.9 Å². The fourth-order valence-electron chi connectivity index (χ4n) is 0.960. The summed E-state index contributed by atoms with van der Waals surface area (Å²) in [6.45, 7) is 0. The van der Waals surface area contributed by atoms with Crippen molar-refractivity contribution >= 4 is 15.9 Å². The summed E-state index contributed by atoms with van der Waals surface area (Å²) in [6, 6.07) is 5.79. The van der Waals surface area contributed by atoms with Crippen LogP contribution in [0.15, 0.2) is 35.1 Å². The van der Waals surface area contributed by atoms with Gasteiger partial charge in [0.15, 0.2) is 9.84 Å². The minimum Gasteiger partial charge on any atom is -0.481 e. The highest BCUT2D eigenvalue weighted by Gasteiger charge is 2.05. The molecule has 0 saturated heterocycles. The smallest absolute Gasteiger partial charge is 0.274 e. The number of benzene rings is 1. The fourth-order valence-corrected chi connectivity index (χ4v) is 1.59. The molecule has 5 heteroatoms. The number of aliphatic hydroxyl groups excluding tert-OH is 1. The standard InChI is InChI=1S/C9H10O4S/c1-14(12,13)8-4-2-7(3-5-8)6-9(10)11/h2-6,10-11H,1H3. The highest BCUT2D eigenvalue weighted by atomic mass is 32.2. The SMILES string of the molecule is CS(=O)(=O)c1ccc(C=C(O)O)cc1. The highest BCUT2D eigenvalue weighted by Crippen LogP contribution is 2.11. The molecule has 0 aliphatic rings.